The van der Waals surface area contributed by atoms with Crippen LogP contribution >= 0.6 is 0 Å². The molecule has 8 nitrogen and oxygen atoms in total. The number of aromatic nitrogens is 4. The third-order valence-corrected chi connectivity index (χ3v) is 5.38. The number of aromatic amines is 1. The Morgan fingerprint density at radius 2 is 1.32 bits per heavy atom. The van der Waals surface area contributed by atoms with E-state index >= 15 is 0 Å². The molecule has 0 bridgehead atoms. The lowest BCUT2D eigenvalue weighted by Gasteiger charge is -2.15. The summed E-state index contributed by atoms with van der Waals surface area (Å²) in [6.07, 6.45) is 0. The number of para-hydroxylation sites is 2. The van der Waals surface area contributed by atoms with Crippen LogP contribution in [0.15, 0.2) is 72.8 Å². The highest BCUT2D eigenvalue weighted by atomic mass is 16.5. The van der Waals surface area contributed by atoms with Crippen molar-refractivity contribution in [2.75, 3.05) is 26.6 Å². The van der Waals surface area contributed by atoms with Crippen LogP contribution in [0.5, 0.6) is 17.2 Å². The summed E-state index contributed by atoms with van der Waals surface area (Å²) in [4.78, 5) is 17.4. The van der Waals surface area contributed by atoms with Crippen LogP contribution in [0.4, 0.5) is 11.9 Å². The molecule has 34 heavy (non-hydrogen) atoms. The average molecular weight is 454 g/mol. The van der Waals surface area contributed by atoms with Crippen LogP contribution < -0.4 is 19.5 Å². The fraction of sp³-hybridized carbons (Fsp3) is 0.115. The molecule has 5 aromatic rings. The molecular weight excluding hydrogens is 430 g/mol. The van der Waals surface area contributed by atoms with Gasteiger partial charge in [0.1, 0.15) is 0 Å². The van der Waals surface area contributed by atoms with E-state index in [-0.39, 0.29) is 0 Å². The first-order valence-corrected chi connectivity index (χ1v) is 10.6. The second-order valence-corrected chi connectivity index (χ2v) is 7.47. The van der Waals surface area contributed by atoms with Crippen LogP contribution in [0, 0.1) is 0 Å². The first-order valence-electron chi connectivity index (χ1n) is 10.6. The lowest BCUT2D eigenvalue weighted by Crippen LogP contribution is -2.02. The minimum Gasteiger partial charge on any atom is -0.493 e. The minimum absolute atomic E-state index is 0.407. The Morgan fingerprint density at radius 3 is 1.97 bits per heavy atom. The van der Waals surface area contributed by atoms with E-state index in [1.54, 1.807) is 21.3 Å². The molecule has 0 atom stereocenters. The highest BCUT2D eigenvalue weighted by Gasteiger charge is 2.17. The number of imidazole rings is 1. The van der Waals surface area contributed by atoms with E-state index in [0.29, 0.717) is 34.8 Å². The van der Waals surface area contributed by atoms with E-state index in [1.165, 1.54) is 0 Å². The van der Waals surface area contributed by atoms with Gasteiger partial charge in [-0.25, -0.2) is 15.0 Å². The summed E-state index contributed by atoms with van der Waals surface area (Å²) in [5, 5.41) is 3.22. The average Bonchev–Trinajstić information content (AvgIpc) is 3.30. The van der Waals surface area contributed by atoms with Crippen molar-refractivity contribution >= 4 is 22.9 Å². The van der Waals surface area contributed by atoms with Crippen LogP contribution in [-0.4, -0.2) is 41.3 Å². The van der Waals surface area contributed by atoms with E-state index in [0.717, 1.165) is 27.9 Å². The maximum absolute atomic E-state index is 5.54. The van der Waals surface area contributed by atoms with Crippen molar-refractivity contribution < 1.29 is 14.2 Å². The number of ether oxygens (including phenoxy) is 3. The lowest BCUT2D eigenvalue weighted by atomic mass is 10.1. The zero-order chi connectivity index (χ0) is 23.5. The summed E-state index contributed by atoms with van der Waals surface area (Å²) in [6.45, 7) is 0. The molecule has 0 amide bonds. The number of nitrogens with one attached hydrogen (secondary N) is 2. The van der Waals surface area contributed by atoms with Gasteiger partial charge in [0.25, 0.3) is 0 Å². The van der Waals surface area contributed by atoms with Gasteiger partial charge in [0, 0.05) is 11.1 Å². The Bertz CT molecular complexity index is 1390. The summed E-state index contributed by atoms with van der Waals surface area (Å²) in [5.74, 6) is 2.57. The molecule has 0 spiro atoms. The third kappa shape index (κ3) is 4.09. The monoisotopic (exact) mass is 453 g/mol. The second kappa shape index (κ2) is 9.11. The zero-order valence-corrected chi connectivity index (χ0v) is 19.0. The SMILES string of the molecule is COc1cc(-c2cc(-c3ccccc3)nc(Nc3nc4ccccc4[nH]3)n2)cc(OC)c1OC. The molecular formula is C26H23N5O3. The van der Waals surface area contributed by atoms with Gasteiger partial charge in [0.15, 0.2) is 11.5 Å². The van der Waals surface area contributed by atoms with Gasteiger partial charge in [-0.2, -0.15) is 0 Å². The maximum Gasteiger partial charge on any atom is 0.230 e. The lowest BCUT2D eigenvalue weighted by molar-refractivity contribution is 0.324. The van der Waals surface area contributed by atoms with Gasteiger partial charge < -0.3 is 19.2 Å². The number of methoxy groups -OCH3 is 3. The van der Waals surface area contributed by atoms with Crippen molar-refractivity contribution in [3.63, 3.8) is 0 Å². The van der Waals surface area contributed by atoms with Gasteiger partial charge in [-0.1, -0.05) is 42.5 Å². The molecule has 0 aliphatic heterocycles. The molecule has 5 rings (SSSR count). The number of nitrogens with zero attached hydrogens (tertiary/aromatic N) is 3. The quantitative estimate of drug-likeness (QED) is 0.338. The van der Waals surface area contributed by atoms with Crippen LogP contribution in [0.3, 0.4) is 0 Å². The number of fused-ring (bicyclic) bond motifs is 1. The molecule has 0 saturated heterocycles. The van der Waals surface area contributed by atoms with Gasteiger partial charge in [-0.05, 0) is 30.3 Å². The Kier molecular flexibility index (Phi) is 5.70. The van der Waals surface area contributed by atoms with Gasteiger partial charge in [-0.15, -0.1) is 0 Å². The molecule has 0 radical (unpaired) electrons. The first kappa shape index (κ1) is 21.3. The van der Waals surface area contributed by atoms with Gasteiger partial charge >= 0.3 is 0 Å². The molecule has 0 aliphatic carbocycles. The summed E-state index contributed by atoms with van der Waals surface area (Å²) >= 11 is 0. The minimum atomic E-state index is 0.407. The predicted octanol–water partition coefficient (Wildman–Crippen LogP) is 5.46. The molecule has 170 valence electrons. The van der Waals surface area contributed by atoms with Crippen LogP contribution in [0.2, 0.25) is 0 Å². The Labute approximate surface area is 196 Å². The number of anilines is 2. The van der Waals surface area contributed by atoms with Crippen molar-refractivity contribution in [3.05, 3.63) is 72.8 Å². The number of rotatable bonds is 7. The van der Waals surface area contributed by atoms with E-state index < -0.39 is 0 Å². The standard InChI is InChI=1S/C26H23N5O3/c1-32-22-13-17(14-23(33-2)24(22)34-3)21-15-20(16-9-5-4-6-10-16)29-26(30-21)31-25-27-18-11-7-8-12-19(18)28-25/h4-15H,1-3H3,(H2,27,28,29,30,31). The Morgan fingerprint density at radius 1 is 0.676 bits per heavy atom. The first-order chi connectivity index (χ1) is 16.7. The fourth-order valence-electron chi connectivity index (χ4n) is 3.75. The highest BCUT2D eigenvalue weighted by Crippen LogP contribution is 2.41. The zero-order valence-electron chi connectivity index (χ0n) is 19.0. The molecule has 2 N–H and O–H groups in total. The number of benzene rings is 3. The molecule has 0 saturated carbocycles. The Balaban J connectivity index is 1.63. The smallest absolute Gasteiger partial charge is 0.230 e. The van der Waals surface area contributed by atoms with E-state index in [2.05, 4.69) is 15.3 Å². The third-order valence-electron chi connectivity index (χ3n) is 5.38. The summed E-state index contributed by atoms with van der Waals surface area (Å²) in [7, 11) is 4.75. The summed E-state index contributed by atoms with van der Waals surface area (Å²) in [6, 6.07) is 23.4. The molecule has 2 aromatic heterocycles. The molecule has 0 unspecified atom stereocenters. The molecule has 2 heterocycles. The second-order valence-electron chi connectivity index (χ2n) is 7.47. The number of hydrogen-bond acceptors (Lipinski definition) is 7. The molecule has 3 aromatic carbocycles. The van der Waals surface area contributed by atoms with Crippen molar-refractivity contribution in [1.29, 1.82) is 0 Å². The van der Waals surface area contributed by atoms with Crippen LogP contribution in [0.1, 0.15) is 0 Å². The van der Waals surface area contributed by atoms with Crippen LogP contribution in [-0.2, 0) is 0 Å². The highest BCUT2D eigenvalue weighted by molar-refractivity contribution is 5.78. The summed E-state index contributed by atoms with van der Waals surface area (Å²) < 4.78 is 16.5. The van der Waals surface area contributed by atoms with Gasteiger partial charge in [-0.3, -0.25) is 5.32 Å². The number of hydrogen-bond donors (Lipinski definition) is 2. The number of H-pyrrole nitrogens is 1. The van der Waals surface area contributed by atoms with E-state index in [9.17, 15) is 0 Å². The largest absolute Gasteiger partial charge is 0.493 e. The van der Waals surface area contributed by atoms with Gasteiger partial charge in [0.2, 0.25) is 17.6 Å². The Hall–Kier alpha value is -4.59. The normalized spacial score (nSPS) is 10.8. The van der Waals surface area contributed by atoms with Crippen LogP contribution in [0.25, 0.3) is 33.5 Å². The fourth-order valence-corrected chi connectivity index (χ4v) is 3.75. The van der Waals surface area contributed by atoms with E-state index in [4.69, 9.17) is 24.2 Å². The topological polar surface area (TPSA) is 94.2 Å². The summed E-state index contributed by atoms with van der Waals surface area (Å²) in [5.41, 5.74) is 4.99. The maximum atomic E-state index is 5.54. The van der Waals surface area contributed by atoms with Crippen molar-refractivity contribution in [1.82, 2.24) is 19.9 Å². The van der Waals surface area contributed by atoms with Gasteiger partial charge in [0.05, 0.1) is 43.8 Å². The van der Waals surface area contributed by atoms with Crippen molar-refractivity contribution in [3.8, 4) is 39.8 Å². The van der Waals surface area contributed by atoms with E-state index in [1.807, 2.05) is 72.8 Å². The predicted molar refractivity (Wildman–Crippen MR) is 132 cm³/mol. The van der Waals surface area contributed by atoms with Crippen molar-refractivity contribution in [2.24, 2.45) is 0 Å². The molecule has 0 aliphatic rings. The molecule has 0 fully saturated rings. The molecule has 8 heteroatoms. The van der Waals surface area contributed by atoms with Crippen molar-refractivity contribution in [2.45, 2.75) is 0 Å².